The van der Waals surface area contributed by atoms with Gasteiger partial charge in [-0.15, -0.1) is 0 Å². The van der Waals surface area contributed by atoms with Crippen LogP contribution in [-0.2, 0) is 6.42 Å². The highest BCUT2D eigenvalue weighted by Crippen LogP contribution is 2.25. The lowest BCUT2D eigenvalue weighted by molar-refractivity contribution is 0.112. The molecule has 21 heavy (non-hydrogen) atoms. The molecule has 0 bridgehead atoms. The number of allylic oxidation sites excluding steroid dienone is 2. The summed E-state index contributed by atoms with van der Waals surface area (Å²) in [4.78, 5) is 10.7. The van der Waals surface area contributed by atoms with E-state index in [1.165, 1.54) is 11.1 Å². The van der Waals surface area contributed by atoms with Crippen molar-refractivity contribution < 1.29 is 4.79 Å². The quantitative estimate of drug-likeness (QED) is 0.547. The maximum atomic E-state index is 10.7. The van der Waals surface area contributed by atoms with Gasteiger partial charge in [-0.3, -0.25) is 4.79 Å². The lowest BCUT2D eigenvalue weighted by Gasteiger charge is -2.12. The van der Waals surface area contributed by atoms with Crippen LogP contribution in [0.1, 0.15) is 36.7 Å². The van der Waals surface area contributed by atoms with Crippen LogP contribution >= 0.6 is 0 Å². The summed E-state index contributed by atoms with van der Waals surface area (Å²) < 4.78 is 0. The van der Waals surface area contributed by atoms with Crippen LogP contribution < -0.4 is 0 Å². The Morgan fingerprint density at radius 2 is 1.62 bits per heavy atom. The summed E-state index contributed by atoms with van der Waals surface area (Å²) >= 11 is 0. The molecule has 0 fully saturated rings. The third-order valence-corrected chi connectivity index (χ3v) is 3.33. The fourth-order valence-corrected chi connectivity index (χ4v) is 2.26. The van der Waals surface area contributed by atoms with E-state index < -0.39 is 0 Å². The molecule has 1 nitrogen and oxygen atoms in total. The van der Waals surface area contributed by atoms with Crippen LogP contribution in [0.25, 0.3) is 11.1 Å². The molecule has 0 spiro atoms. The largest absolute Gasteiger partial charge is 0.298 e. The Morgan fingerprint density at radius 1 is 0.952 bits per heavy atom. The molecule has 2 rings (SSSR count). The fourth-order valence-electron chi connectivity index (χ4n) is 2.26. The molecular formula is C20H22O. The van der Waals surface area contributed by atoms with Crippen molar-refractivity contribution in [3.05, 3.63) is 71.8 Å². The summed E-state index contributed by atoms with van der Waals surface area (Å²) in [6.45, 7) is 6.61. The molecule has 1 heteroatoms. The second kappa shape index (κ2) is 6.53. The second-order valence-electron chi connectivity index (χ2n) is 6.37. The Kier molecular flexibility index (Phi) is 4.74. The van der Waals surface area contributed by atoms with E-state index in [1.54, 1.807) is 0 Å². The van der Waals surface area contributed by atoms with E-state index in [0.29, 0.717) is 5.56 Å². The number of carbonyl (C=O) groups excluding carboxylic acids is 1. The first-order chi connectivity index (χ1) is 9.99. The van der Waals surface area contributed by atoms with Crippen molar-refractivity contribution in [2.45, 2.75) is 27.2 Å². The summed E-state index contributed by atoms with van der Waals surface area (Å²) in [5.74, 6) is 0. The predicted molar refractivity (Wildman–Crippen MR) is 89.6 cm³/mol. The van der Waals surface area contributed by atoms with Gasteiger partial charge in [0.15, 0.2) is 0 Å². The van der Waals surface area contributed by atoms with Gasteiger partial charge in [-0.2, -0.15) is 0 Å². The molecular weight excluding hydrogens is 256 g/mol. The van der Waals surface area contributed by atoms with E-state index in [2.05, 4.69) is 57.2 Å². The van der Waals surface area contributed by atoms with Crippen LogP contribution in [0.5, 0.6) is 0 Å². The smallest absolute Gasteiger partial charge is 0.150 e. The zero-order chi connectivity index (χ0) is 15.3. The number of hydrogen-bond acceptors (Lipinski definition) is 1. The van der Waals surface area contributed by atoms with Gasteiger partial charge in [-0.25, -0.2) is 0 Å². The highest BCUT2D eigenvalue weighted by Gasteiger charge is 2.06. The highest BCUT2D eigenvalue weighted by atomic mass is 16.1. The number of hydrogen-bond donors (Lipinski definition) is 0. The van der Waals surface area contributed by atoms with E-state index in [1.807, 2.05) is 24.3 Å². The Labute approximate surface area is 127 Å². The minimum absolute atomic E-state index is 0.209. The lowest BCUT2D eigenvalue weighted by atomic mass is 9.93. The molecule has 0 saturated carbocycles. The van der Waals surface area contributed by atoms with Crippen LogP contribution in [0.3, 0.4) is 0 Å². The SMILES string of the molecule is CC(C)(C)/C=C/Cc1ccccc1-c1ccc(C=O)cc1. The average Bonchev–Trinajstić information content (AvgIpc) is 2.47. The third-order valence-electron chi connectivity index (χ3n) is 3.33. The maximum absolute atomic E-state index is 10.7. The van der Waals surface area contributed by atoms with Gasteiger partial charge in [0.2, 0.25) is 0 Å². The fraction of sp³-hybridized carbons (Fsp3) is 0.250. The van der Waals surface area contributed by atoms with E-state index in [0.717, 1.165) is 18.3 Å². The number of carbonyl (C=O) groups is 1. The van der Waals surface area contributed by atoms with Crippen LogP contribution in [0.4, 0.5) is 0 Å². The van der Waals surface area contributed by atoms with Crippen molar-refractivity contribution in [1.29, 1.82) is 0 Å². The van der Waals surface area contributed by atoms with Gasteiger partial charge in [-0.1, -0.05) is 81.5 Å². The number of benzene rings is 2. The molecule has 0 aliphatic heterocycles. The zero-order valence-corrected chi connectivity index (χ0v) is 13.0. The van der Waals surface area contributed by atoms with Crippen molar-refractivity contribution in [2.24, 2.45) is 5.41 Å². The van der Waals surface area contributed by atoms with Gasteiger partial charge in [0.05, 0.1) is 0 Å². The van der Waals surface area contributed by atoms with E-state index in [4.69, 9.17) is 0 Å². The first-order valence-electron chi connectivity index (χ1n) is 7.31. The highest BCUT2D eigenvalue weighted by molar-refractivity contribution is 5.77. The maximum Gasteiger partial charge on any atom is 0.150 e. The number of aldehydes is 1. The van der Waals surface area contributed by atoms with Crippen molar-refractivity contribution >= 4 is 6.29 Å². The van der Waals surface area contributed by atoms with Crippen molar-refractivity contribution in [3.8, 4) is 11.1 Å². The summed E-state index contributed by atoms with van der Waals surface area (Å²) in [6.07, 6.45) is 6.28. The Balaban J connectivity index is 2.27. The molecule has 0 radical (unpaired) electrons. The first kappa shape index (κ1) is 15.2. The molecule has 108 valence electrons. The van der Waals surface area contributed by atoms with E-state index in [9.17, 15) is 4.79 Å². The summed E-state index contributed by atoms with van der Waals surface area (Å²) in [7, 11) is 0. The van der Waals surface area contributed by atoms with E-state index >= 15 is 0 Å². The molecule has 2 aromatic carbocycles. The molecule has 0 aliphatic carbocycles. The Morgan fingerprint density at radius 3 is 2.24 bits per heavy atom. The normalized spacial score (nSPS) is 11.8. The topological polar surface area (TPSA) is 17.1 Å². The monoisotopic (exact) mass is 278 g/mol. The molecule has 0 unspecified atom stereocenters. The molecule has 0 heterocycles. The van der Waals surface area contributed by atoms with E-state index in [-0.39, 0.29) is 5.41 Å². The van der Waals surface area contributed by atoms with Crippen LogP contribution in [0.15, 0.2) is 60.7 Å². The molecule has 0 aliphatic rings. The lowest BCUT2D eigenvalue weighted by Crippen LogP contribution is -1.99. The third kappa shape index (κ3) is 4.42. The van der Waals surface area contributed by atoms with Gasteiger partial charge in [-0.05, 0) is 28.5 Å². The van der Waals surface area contributed by atoms with Crippen molar-refractivity contribution in [3.63, 3.8) is 0 Å². The minimum atomic E-state index is 0.209. The van der Waals surface area contributed by atoms with Gasteiger partial charge >= 0.3 is 0 Å². The summed E-state index contributed by atoms with van der Waals surface area (Å²) in [6, 6.07) is 16.2. The van der Waals surface area contributed by atoms with Crippen LogP contribution in [-0.4, -0.2) is 6.29 Å². The number of rotatable bonds is 4. The standard InChI is InChI=1S/C20H22O/c1-20(2,3)14-6-8-17-7-4-5-9-19(17)18-12-10-16(15-21)11-13-18/h4-7,9-15H,8H2,1-3H3/b14-6+. The van der Waals surface area contributed by atoms with Crippen molar-refractivity contribution in [1.82, 2.24) is 0 Å². The first-order valence-corrected chi connectivity index (χ1v) is 7.31. The van der Waals surface area contributed by atoms with Crippen LogP contribution in [0.2, 0.25) is 0 Å². The predicted octanol–water partition coefficient (Wildman–Crippen LogP) is 5.31. The Bertz CT molecular complexity index is 628. The molecule has 0 aromatic heterocycles. The summed E-state index contributed by atoms with van der Waals surface area (Å²) in [5, 5.41) is 0. The summed E-state index contributed by atoms with van der Waals surface area (Å²) in [5.41, 5.74) is 4.61. The molecule has 0 atom stereocenters. The van der Waals surface area contributed by atoms with Gasteiger partial charge < -0.3 is 0 Å². The van der Waals surface area contributed by atoms with Gasteiger partial charge in [0.1, 0.15) is 6.29 Å². The molecule has 0 N–H and O–H groups in total. The second-order valence-corrected chi connectivity index (χ2v) is 6.37. The van der Waals surface area contributed by atoms with Gasteiger partial charge in [0, 0.05) is 5.56 Å². The zero-order valence-electron chi connectivity index (χ0n) is 13.0. The van der Waals surface area contributed by atoms with Crippen molar-refractivity contribution in [2.75, 3.05) is 0 Å². The van der Waals surface area contributed by atoms with Gasteiger partial charge in [0.25, 0.3) is 0 Å². The molecule has 0 saturated heterocycles. The minimum Gasteiger partial charge on any atom is -0.298 e. The average molecular weight is 278 g/mol. The van der Waals surface area contributed by atoms with Crippen LogP contribution in [0, 0.1) is 5.41 Å². The molecule has 2 aromatic rings. The Hall–Kier alpha value is -2.15. The molecule has 0 amide bonds.